The average Bonchev–Trinajstić information content (AvgIpc) is 2.17. The molecule has 1 aromatic carbocycles. The maximum Gasteiger partial charge on any atom is 0.175 e. The van der Waals surface area contributed by atoms with E-state index in [0.29, 0.717) is 5.56 Å². The molecule has 0 radical (unpaired) electrons. The zero-order valence-electron chi connectivity index (χ0n) is 8.98. The number of hydrogen-bond donors (Lipinski definition) is 0. The van der Waals surface area contributed by atoms with E-state index in [2.05, 4.69) is 6.07 Å². The van der Waals surface area contributed by atoms with Crippen LogP contribution in [0.3, 0.4) is 0 Å². The lowest BCUT2D eigenvalue weighted by molar-refractivity contribution is 0.601. The summed E-state index contributed by atoms with van der Waals surface area (Å²) < 4.78 is 22.6. The largest absolute Gasteiger partial charge is 0.224 e. The molecule has 0 spiro atoms. The molecule has 0 fully saturated rings. The summed E-state index contributed by atoms with van der Waals surface area (Å²) in [6.45, 7) is 3.52. The number of nitriles is 1. The Bertz CT molecular complexity index is 510. The molecule has 80 valence electrons. The molecule has 1 rings (SSSR count). The fourth-order valence-electron chi connectivity index (χ4n) is 1.18. The molecule has 0 amide bonds. The predicted octanol–water partition coefficient (Wildman–Crippen LogP) is 1.89. The van der Waals surface area contributed by atoms with E-state index < -0.39 is 15.3 Å². The molecule has 0 aliphatic rings. The summed E-state index contributed by atoms with van der Waals surface area (Å²) in [7, 11) is -3.20. The lowest BCUT2D eigenvalue weighted by atomic mass is 9.86. The van der Waals surface area contributed by atoms with E-state index in [1.54, 1.807) is 32.0 Å². The number of hydrogen-bond acceptors (Lipinski definition) is 3. The molecule has 0 N–H and O–H groups in total. The van der Waals surface area contributed by atoms with Gasteiger partial charge in [-0.15, -0.1) is 0 Å². The second-order valence-corrected chi connectivity index (χ2v) is 6.05. The molecule has 4 heteroatoms. The van der Waals surface area contributed by atoms with E-state index in [4.69, 9.17) is 5.26 Å². The summed E-state index contributed by atoms with van der Waals surface area (Å²) in [5, 5.41) is 8.94. The third-order valence-corrected chi connectivity index (χ3v) is 3.37. The van der Waals surface area contributed by atoms with Crippen molar-refractivity contribution in [1.82, 2.24) is 0 Å². The van der Waals surface area contributed by atoms with Crippen LogP contribution in [0.5, 0.6) is 0 Å². The highest BCUT2D eigenvalue weighted by atomic mass is 32.2. The summed E-state index contributed by atoms with van der Waals surface area (Å²) >= 11 is 0. The van der Waals surface area contributed by atoms with Crippen LogP contribution < -0.4 is 0 Å². The number of nitrogens with zero attached hydrogens (tertiary/aromatic N) is 1. The quantitative estimate of drug-likeness (QED) is 0.769. The molecule has 0 saturated heterocycles. The lowest BCUT2D eigenvalue weighted by Crippen LogP contribution is -2.14. The Morgan fingerprint density at radius 1 is 1.33 bits per heavy atom. The summed E-state index contributed by atoms with van der Waals surface area (Å²) in [5.74, 6) is 0. The maximum atomic E-state index is 11.3. The molecule has 15 heavy (non-hydrogen) atoms. The van der Waals surface area contributed by atoms with Crippen LogP contribution in [0.4, 0.5) is 0 Å². The zero-order chi connectivity index (χ0) is 11.7. The van der Waals surface area contributed by atoms with Gasteiger partial charge in [0.05, 0.1) is 16.4 Å². The van der Waals surface area contributed by atoms with Gasteiger partial charge in [0, 0.05) is 6.26 Å². The summed E-state index contributed by atoms with van der Waals surface area (Å²) in [6.07, 6.45) is 1.16. The van der Waals surface area contributed by atoms with E-state index in [9.17, 15) is 8.42 Å². The summed E-state index contributed by atoms with van der Waals surface area (Å²) in [5.41, 5.74) is 0.0497. The van der Waals surface area contributed by atoms with E-state index in [1.807, 2.05) is 0 Å². The Hall–Kier alpha value is -1.34. The minimum absolute atomic E-state index is 0.253. The fourth-order valence-corrected chi connectivity index (χ4v) is 1.85. The second-order valence-electron chi connectivity index (χ2n) is 4.04. The van der Waals surface area contributed by atoms with Crippen LogP contribution in [0.1, 0.15) is 19.4 Å². The van der Waals surface area contributed by atoms with Crippen LogP contribution in [0.25, 0.3) is 0 Å². The van der Waals surface area contributed by atoms with Gasteiger partial charge < -0.3 is 0 Å². The van der Waals surface area contributed by atoms with Crippen molar-refractivity contribution < 1.29 is 8.42 Å². The van der Waals surface area contributed by atoms with Gasteiger partial charge in [-0.1, -0.05) is 12.1 Å². The fraction of sp³-hybridized carbons (Fsp3) is 0.364. The third kappa shape index (κ3) is 2.57. The van der Waals surface area contributed by atoms with Crippen molar-refractivity contribution >= 4 is 9.84 Å². The van der Waals surface area contributed by atoms with Gasteiger partial charge in [0.2, 0.25) is 0 Å². The normalized spacial score (nSPS) is 12.1. The smallest absolute Gasteiger partial charge is 0.175 e. The molecule has 0 bridgehead atoms. The highest BCUT2D eigenvalue weighted by molar-refractivity contribution is 7.90. The van der Waals surface area contributed by atoms with Crippen LogP contribution in [-0.2, 0) is 15.3 Å². The summed E-state index contributed by atoms with van der Waals surface area (Å²) in [4.78, 5) is 0.253. The van der Waals surface area contributed by atoms with Gasteiger partial charge in [-0.2, -0.15) is 5.26 Å². The van der Waals surface area contributed by atoms with E-state index in [0.717, 1.165) is 6.26 Å². The molecule has 0 aliphatic carbocycles. The van der Waals surface area contributed by atoms with Crippen LogP contribution in [-0.4, -0.2) is 14.7 Å². The summed E-state index contributed by atoms with van der Waals surface area (Å²) in [6, 6.07) is 8.65. The Morgan fingerprint density at radius 3 is 2.40 bits per heavy atom. The van der Waals surface area contributed by atoms with Gasteiger partial charge in [-0.05, 0) is 31.5 Å². The molecule has 0 aromatic heterocycles. The van der Waals surface area contributed by atoms with Crippen molar-refractivity contribution in [3.63, 3.8) is 0 Å². The molecule has 3 nitrogen and oxygen atoms in total. The number of rotatable bonds is 2. The number of sulfone groups is 1. The van der Waals surface area contributed by atoms with Gasteiger partial charge in [0.1, 0.15) is 0 Å². The van der Waals surface area contributed by atoms with Gasteiger partial charge in [0.15, 0.2) is 9.84 Å². The first kappa shape index (κ1) is 11.7. The molecular weight excluding hydrogens is 210 g/mol. The topological polar surface area (TPSA) is 57.9 Å². The number of benzene rings is 1. The van der Waals surface area contributed by atoms with Crippen molar-refractivity contribution in [2.45, 2.75) is 24.2 Å². The molecule has 0 unspecified atom stereocenters. The van der Waals surface area contributed by atoms with E-state index >= 15 is 0 Å². The second kappa shape index (κ2) is 3.67. The Morgan fingerprint density at radius 2 is 1.93 bits per heavy atom. The minimum Gasteiger partial charge on any atom is -0.224 e. The van der Waals surface area contributed by atoms with Crippen LogP contribution in [0, 0.1) is 11.3 Å². The SMILES string of the molecule is CC(C)(C#N)c1cccc(S(C)(=O)=O)c1. The zero-order valence-corrected chi connectivity index (χ0v) is 9.80. The molecular formula is C11H13NO2S. The van der Waals surface area contributed by atoms with Crippen molar-refractivity contribution in [3.8, 4) is 6.07 Å². The first-order valence-electron chi connectivity index (χ1n) is 4.49. The molecule has 0 heterocycles. The molecule has 0 saturated carbocycles. The molecule has 0 aliphatic heterocycles. The lowest BCUT2D eigenvalue weighted by Gasteiger charge is -2.16. The Labute approximate surface area is 90.3 Å². The van der Waals surface area contributed by atoms with Crippen molar-refractivity contribution in [3.05, 3.63) is 29.8 Å². The average molecular weight is 223 g/mol. The van der Waals surface area contributed by atoms with Crippen molar-refractivity contribution in [1.29, 1.82) is 5.26 Å². The van der Waals surface area contributed by atoms with Crippen LogP contribution in [0.2, 0.25) is 0 Å². The Balaban J connectivity index is 3.34. The van der Waals surface area contributed by atoms with Gasteiger partial charge in [0.25, 0.3) is 0 Å². The van der Waals surface area contributed by atoms with Crippen LogP contribution in [0.15, 0.2) is 29.2 Å². The van der Waals surface area contributed by atoms with Gasteiger partial charge in [-0.3, -0.25) is 0 Å². The highest BCUT2D eigenvalue weighted by Gasteiger charge is 2.21. The van der Waals surface area contributed by atoms with Crippen molar-refractivity contribution in [2.24, 2.45) is 0 Å². The minimum atomic E-state index is -3.20. The Kier molecular flexibility index (Phi) is 2.87. The molecule has 1 aromatic rings. The third-order valence-electron chi connectivity index (χ3n) is 2.26. The highest BCUT2D eigenvalue weighted by Crippen LogP contribution is 2.24. The van der Waals surface area contributed by atoms with E-state index in [-0.39, 0.29) is 4.90 Å². The standard InChI is InChI=1S/C11H13NO2S/c1-11(2,8-12)9-5-4-6-10(7-9)15(3,13)14/h4-7H,1-3H3. The molecule has 0 atom stereocenters. The predicted molar refractivity (Wildman–Crippen MR) is 58.2 cm³/mol. The first-order valence-corrected chi connectivity index (χ1v) is 6.38. The van der Waals surface area contributed by atoms with Gasteiger partial charge in [-0.25, -0.2) is 8.42 Å². The monoisotopic (exact) mass is 223 g/mol. The van der Waals surface area contributed by atoms with E-state index in [1.165, 1.54) is 6.07 Å². The van der Waals surface area contributed by atoms with Crippen molar-refractivity contribution in [2.75, 3.05) is 6.26 Å². The van der Waals surface area contributed by atoms with Crippen LogP contribution >= 0.6 is 0 Å². The first-order chi connectivity index (χ1) is 6.77. The maximum absolute atomic E-state index is 11.3. The van der Waals surface area contributed by atoms with Gasteiger partial charge >= 0.3 is 0 Å².